The molecule has 1 aromatic carbocycles. The Labute approximate surface area is 109 Å². The van der Waals surface area contributed by atoms with Gasteiger partial charge in [0.2, 0.25) is 5.91 Å². The Morgan fingerprint density at radius 1 is 1.17 bits per heavy atom. The molecule has 96 valence electrons. The molecule has 1 N–H and O–H groups in total. The molecular weight excluding hydrogens is 222 g/mol. The first-order chi connectivity index (χ1) is 8.72. The molecule has 0 spiro atoms. The van der Waals surface area contributed by atoms with Crippen LogP contribution < -0.4 is 5.32 Å². The van der Waals surface area contributed by atoms with Crippen LogP contribution in [0.4, 0.5) is 0 Å². The van der Waals surface area contributed by atoms with Gasteiger partial charge in [0.05, 0.1) is 6.42 Å². The van der Waals surface area contributed by atoms with Crippen LogP contribution in [0, 0.1) is 18.8 Å². The van der Waals surface area contributed by atoms with Gasteiger partial charge in [-0.2, -0.15) is 0 Å². The average molecular weight is 243 g/mol. The molecule has 2 heteroatoms. The maximum absolute atomic E-state index is 12.1. The van der Waals surface area contributed by atoms with E-state index in [0.29, 0.717) is 12.5 Å². The number of carbonyl (C=O) groups excluding carboxylic acids is 1. The van der Waals surface area contributed by atoms with Gasteiger partial charge in [-0.1, -0.05) is 29.8 Å². The van der Waals surface area contributed by atoms with Crippen LogP contribution in [0.5, 0.6) is 0 Å². The Kier molecular flexibility index (Phi) is 3.11. The Bertz CT molecular complexity index is 417. The van der Waals surface area contributed by atoms with Gasteiger partial charge in [0.15, 0.2) is 0 Å². The third-order valence-corrected chi connectivity index (χ3v) is 4.07. The summed E-state index contributed by atoms with van der Waals surface area (Å²) < 4.78 is 0. The molecule has 0 unspecified atom stereocenters. The third kappa shape index (κ3) is 2.92. The summed E-state index contributed by atoms with van der Waals surface area (Å²) in [6.07, 6.45) is 5.77. The van der Waals surface area contributed by atoms with Crippen LogP contribution in [-0.4, -0.2) is 11.9 Å². The highest BCUT2D eigenvalue weighted by Crippen LogP contribution is 2.44. The summed E-state index contributed by atoms with van der Waals surface area (Å²) in [5, 5.41) is 3.27. The van der Waals surface area contributed by atoms with E-state index in [1.165, 1.54) is 31.2 Å². The molecule has 0 heterocycles. The zero-order valence-electron chi connectivity index (χ0n) is 11.0. The Morgan fingerprint density at radius 3 is 2.22 bits per heavy atom. The van der Waals surface area contributed by atoms with Crippen LogP contribution in [0.1, 0.15) is 36.8 Å². The summed E-state index contributed by atoms with van der Waals surface area (Å²) in [6.45, 7) is 2.07. The molecule has 1 aromatic rings. The predicted molar refractivity (Wildman–Crippen MR) is 72.3 cm³/mol. The standard InChI is InChI=1S/C16H21NO/c1-11-2-4-12(5-3-11)10-15(18)17-16(13-6-7-13)14-8-9-14/h2-5,13-14,16H,6-10H2,1H3,(H,17,18). The van der Waals surface area contributed by atoms with Crippen molar-refractivity contribution in [3.8, 4) is 0 Å². The summed E-state index contributed by atoms with van der Waals surface area (Å²) in [5.74, 6) is 1.75. The number of carbonyl (C=O) groups is 1. The van der Waals surface area contributed by atoms with E-state index in [0.717, 1.165) is 17.4 Å². The van der Waals surface area contributed by atoms with Crippen molar-refractivity contribution >= 4 is 5.91 Å². The molecule has 0 aromatic heterocycles. The summed E-state index contributed by atoms with van der Waals surface area (Å²) in [5.41, 5.74) is 2.36. The molecule has 2 saturated carbocycles. The second-order valence-corrected chi connectivity index (χ2v) is 5.93. The summed E-state index contributed by atoms with van der Waals surface area (Å²) in [6, 6.07) is 8.73. The zero-order valence-corrected chi connectivity index (χ0v) is 11.0. The minimum absolute atomic E-state index is 0.197. The second-order valence-electron chi connectivity index (χ2n) is 5.93. The lowest BCUT2D eigenvalue weighted by molar-refractivity contribution is -0.121. The first-order valence-electron chi connectivity index (χ1n) is 7.07. The lowest BCUT2D eigenvalue weighted by Gasteiger charge is -2.17. The maximum Gasteiger partial charge on any atom is 0.224 e. The molecule has 18 heavy (non-hydrogen) atoms. The van der Waals surface area contributed by atoms with Crippen molar-refractivity contribution in [1.82, 2.24) is 5.32 Å². The lowest BCUT2D eigenvalue weighted by Crippen LogP contribution is -2.38. The van der Waals surface area contributed by atoms with E-state index in [2.05, 4.69) is 36.5 Å². The van der Waals surface area contributed by atoms with Crippen molar-refractivity contribution < 1.29 is 4.79 Å². The first kappa shape index (κ1) is 11.8. The minimum atomic E-state index is 0.197. The van der Waals surface area contributed by atoms with E-state index in [4.69, 9.17) is 0 Å². The molecule has 2 fully saturated rings. The van der Waals surface area contributed by atoms with Gasteiger partial charge in [0.25, 0.3) is 0 Å². The lowest BCUT2D eigenvalue weighted by atomic mass is 10.1. The number of rotatable bonds is 5. The summed E-state index contributed by atoms with van der Waals surface area (Å²) >= 11 is 0. The molecule has 2 nitrogen and oxygen atoms in total. The normalized spacial score (nSPS) is 19.0. The van der Waals surface area contributed by atoms with E-state index in [1.807, 2.05) is 0 Å². The number of benzene rings is 1. The molecule has 2 aliphatic carbocycles. The Balaban J connectivity index is 1.55. The molecule has 1 amide bonds. The van der Waals surface area contributed by atoms with Crippen LogP contribution in [0.2, 0.25) is 0 Å². The predicted octanol–water partition coefficient (Wildman–Crippen LogP) is 2.84. The first-order valence-corrected chi connectivity index (χ1v) is 7.07. The van der Waals surface area contributed by atoms with E-state index < -0.39 is 0 Å². The zero-order chi connectivity index (χ0) is 12.5. The molecule has 2 aliphatic rings. The molecule has 3 rings (SSSR count). The fraction of sp³-hybridized carbons (Fsp3) is 0.562. The summed E-state index contributed by atoms with van der Waals surface area (Å²) in [4.78, 5) is 12.1. The van der Waals surface area contributed by atoms with Crippen molar-refractivity contribution in [2.75, 3.05) is 0 Å². The molecule has 0 bridgehead atoms. The van der Waals surface area contributed by atoms with E-state index in [1.54, 1.807) is 0 Å². The van der Waals surface area contributed by atoms with Gasteiger partial charge in [0.1, 0.15) is 0 Å². The van der Waals surface area contributed by atoms with Gasteiger partial charge < -0.3 is 5.32 Å². The van der Waals surface area contributed by atoms with Crippen LogP contribution in [0.15, 0.2) is 24.3 Å². The van der Waals surface area contributed by atoms with Crippen LogP contribution in [0.3, 0.4) is 0 Å². The highest BCUT2D eigenvalue weighted by molar-refractivity contribution is 5.79. The third-order valence-electron chi connectivity index (χ3n) is 4.07. The van der Waals surface area contributed by atoms with E-state index in [9.17, 15) is 4.79 Å². The molecular formula is C16H21NO. The maximum atomic E-state index is 12.1. The van der Waals surface area contributed by atoms with Crippen molar-refractivity contribution in [2.45, 2.75) is 45.1 Å². The highest BCUT2D eigenvalue weighted by atomic mass is 16.1. The number of amides is 1. The number of aryl methyl sites for hydroxylation is 1. The molecule has 0 radical (unpaired) electrons. The van der Waals surface area contributed by atoms with Gasteiger partial charge in [-0.15, -0.1) is 0 Å². The SMILES string of the molecule is Cc1ccc(CC(=O)NC(C2CC2)C2CC2)cc1. The van der Waals surface area contributed by atoms with Crippen molar-refractivity contribution in [2.24, 2.45) is 11.8 Å². The highest BCUT2D eigenvalue weighted by Gasteiger charge is 2.42. The summed E-state index contributed by atoms with van der Waals surface area (Å²) in [7, 11) is 0. The smallest absolute Gasteiger partial charge is 0.224 e. The van der Waals surface area contributed by atoms with Gasteiger partial charge in [0, 0.05) is 6.04 Å². The Morgan fingerprint density at radius 2 is 1.72 bits per heavy atom. The molecule has 0 saturated heterocycles. The van der Waals surface area contributed by atoms with Gasteiger partial charge >= 0.3 is 0 Å². The second kappa shape index (κ2) is 4.75. The number of hydrogen-bond acceptors (Lipinski definition) is 1. The number of nitrogens with one attached hydrogen (secondary N) is 1. The fourth-order valence-corrected chi connectivity index (χ4v) is 2.66. The number of hydrogen-bond donors (Lipinski definition) is 1. The largest absolute Gasteiger partial charge is 0.353 e. The minimum Gasteiger partial charge on any atom is -0.353 e. The van der Waals surface area contributed by atoms with Crippen LogP contribution in [-0.2, 0) is 11.2 Å². The van der Waals surface area contributed by atoms with Gasteiger partial charge in [-0.3, -0.25) is 4.79 Å². The van der Waals surface area contributed by atoms with Crippen LogP contribution in [0.25, 0.3) is 0 Å². The average Bonchev–Trinajstić information content (AvgIpc) is 3.22. The van der Waals surface area contributed by atoms with Crippen molar-refractivity contribution in [3.63, 3.8) is 0 Å². The molecule has 0 atom stereocenters. The van der Waals surface area contributed by atoms with E-state index in [-0.39, 0.29) is 5.91 Å². The van der Waals surface area contributed by atoms with Gasteiger partial charge in [-0.25, -0.2) is 0 Å². The monoisotopic (exact) mass is 243 g/mol. The van der Waals surface area contributed by atoms with Gasteiger partial charge in [-0.05, 0) is 50.0 Å². The molecule has 0 aliphatic heterocycles. The van der Waals surface area contributed by atoms with Crippen molar-refractivity contribution in [1.29, 1.82) is 0 Å². The quantitative estimate of drug-likeness (QED) is 0.846. The van der Waals surface area contributed by atoms with Crippen LogP contribution >= 0.6 is 0 Å². The fourth-order valence-electron chi connectivity index (χ4n) is 2.66. The topological polar surface area (TPSA) is 29.1 Å². The Hall–Kier alpha value is -1.31. The van der Waals surface area contributed by atoms with Crippen molar-refractivity contribution in [3.05, 3.63) is 35.4 Å². The van der Waals surface area contributed by atoms with E-state index >= 15 is 0 Å².